The molecule has 0 amide bonds. The predicted octanol–water partition coefficient (Wildman–Crippen LogP) is 0.996. The third-order valence-corrected chi connectivity index (χ3v) is 1.10. The van der Waals surface area contributed by atoms with Gasteiger partial charge in [-0.25, -0.2) is 4.79 Å². The van der Waals surface area contributed by atoms with Crippen LogP contribution in [0, 0.1) is 0 Å². The Morgan fingerprint density at radius 3 is 2.60 bits per heavy atom. The summed E-state index contributed by atoms with van der Waals surface area (Å²) < 4.78 is 0. The highest BCUT2D eigenvalue weighted by Crippen LogP contribution is 2.03. The lowest BCUT2D eigenvalue weighted by Crippen LogP contribution is -1.98. The number of unbranched alkanes of at least 4 members (excludes halogenated alkanes) is 1. The largest absolute Gasteiger partial charge is 0.478 e. The highest BCUT2D eigenvalue weighted by atomic mass is 16.4. The fraction of sp³-hybridized carbons (Fsp3) is 0.429. The minimum Gasteiger partial charge on any atom is -0.478 e. The third kappa shape index (κ3) is 3.83. The average Bonchev–Trinajstić information content (AvgIpc) is 1.88. The summed E-state index contributed by atoms with van der Waals surface area (Å²) in [4.78, 5) is 19.9. The van der Waals surface area contributed by atoms with E-state index < -0.39 is 5.97 Å². The highest BCUT2D eigenvalue weighted by molar-refractivity contribution is 5.85. The Morgan fingerprint density at radius 1 is 1.60 bits per heavy atom. The molecule has 0 unspecified atom stereocenters. The number of carboxylic acid groups (broad SMARTS) is 1. The van der Waals surface area contributed by atoms with Crippen molar-refractivity contribution in [3.63, 3.8) is 0 Å². The molecular formula is C7H10O3. The summed E-state index contributed by atoms with van der Waals surface area (Å²) in [6.07, 6.45) is 2.16. The minimum absolute atomic E-state index is 0.168. The Labute approximate surface area is 59.4 Å². The fourth-order valence-corrected chi connectivity index (χ4v) is 0.506. The van der Waals surface area contributed by atoms with E-state index in [1.807, 2.05) is 0 Å². The fourth-order valence-electron chi connectivity index (χ4n) is 0.506. The second kappa shape index (κ2) is 4.73. The van der Waals surface area contributed by atoms with E-state index in [-0.39, 0.29) is 5.57 Å². The van der Waals surface area contributed by atoms with E-state index in [0.717, 1.165) is 6.29 Å². The van der Waals surface area contributed by atoms with Crippen molar-refractivity contribution in [2.75, 3.05) is 0 Å². The second-order valence-corrected chi connectivity index (χ2v) is 1.97. The van der Waals surface area contributed by atoms with Crippen molar-refractivity contribution in [3.05, 3.63) is 12.2 Å². The molecule has 1 N–H and O–H groups in total. The molecule has 0 rings (SSSR count). The van der Waals surface area contributed by atoms with Crippen LogP contribution in [-0.2, 0) is 9.59 Å². The number of aliphatic carboxylic acids is 1. The number of rotatable bonds is 5. The predicted molar refractivity (Wildman–Crippen MR) is 36.7 cm³/mol. The molecule has 0 atom stereocenters. The summed E-state index contributed by atoms with van der Waals surface area (Å²) in [5.74, 6) is -0.981. The Hall–Kier alpha value is -1.12. The van der Waals surface area contributed by atoms with Gasteiger partial charge in [-0.15, -0.1) is 0 Å². The number of carbonyl (C=O) groups excluding carboxylic acids is 1. The topological polar surface area (TPSA) is 54.4 Å². The van der Waals surface area contributed by atoms with Gasteiger partial charge in [0.25, 0.3) is 0 Å². The first-order chi connectivity index (χ1) is 4.68. The molecule has 0 aromatic heterocycles. The number of carbonyl (C=O) groups is 2. The molecule has 0 fully saturated rings. The van der Waals surface area contributed by atoms with Gasteiger partial charge in [-0.2, -0.15) is 0 Å². The number of hydrogen-bond acceptors (Lipinski definition) is 2. The lowest BCUT2D eigenvalue weighted by Gasteiger charge is -1.94. The summed E-state index contributed by atoms with van der Waals surface area (Å²) in [7, 11) is 0. The molecule has 56 valence electrons. The first-order valence-corrected chi connectivity index (χ1v) is 3.03. The van der Waals surface area contributed by atoms with Gasteiger partial charge in [-0.3, -0.25) is 0 Å². The third-order valence-electron chi connectivity index (χ3n) is 1.10. The molecule has 0 saturated carbocycles. The summed E-state index contributed by atoms with van der Waals surface area (Å²) in [6.45, 7) is 3.31. The van der Waals surface area contributed by atoms with Gasteiger partial charge in [0.2, 0.25) is 0 Å². The van der Waals surface area contributed by atoms with Crippen molar-refractivity contribution in [1.82, 2.24) is 0 Å². The minimum atomic E-state index is -0.981. The van der Waals surface area contributed by atoms with Gasteiger partial charge < -0.3 is 9.90 Å². The Balaban J connectivity index is 3.40. The van der Waals surface area contributed by atoms with Crippen molar-refractivity contribution in [2.45, 2.75) is 19.3 Å². The first kappa shape index (κ1) is 8.88. The molecule has 10 heavy (non-hydrogen) atoms. The maximum Gasteiger partial charge on any atom is 0.330 e. The monoisotopic (exact) mass is 142 g/mol. The van der Waals surface area contributed by atoms with Crippen molar-refractivity contribution in [3.8, 4) is 0 Å². The molecule has 3 nitrogen and oxygen atoms in total. The van der Waals surface area contributed by atoms with E-state index in [9.17, 15) is 9.59 Å². The van der Waals surface area contributed by atoms with E-state index in [1.54, 1.807) is 0 Å². The van der Waals surface area contributed by atoms with Gasteiger partial charge in [0.1, 0.15) is 6.29 Å². The van der Waals surface area contributed by atoms with E-state index in [2.05, 4.69) is 6.58 Å². The van der Waals surface area contributed by atoms with Crippen LogP contribution in [0.4, 0.5) is 0 Å². The molecule has 0 bridgehead atoms. The van der Waals surface area contributed by atoms with Gasteiger partial charge in [-0.1, -0.05) is 6.58 Å². The molecule has 3 heteroatoms. The first-order valence-electron chi connectivity index (χ1n) is 3.03. The molecule has 0 aliphatic heterocycles. The van der Waals surface area contributed by atoms with Crippen LogP contribution in [0.15, 0.2) is 12.2 Å². The summed E-state index contributed by atoms with van der Waals surface area (Å²) in [5.41, 5.74) is 0.168. The average molecular weight is 142 g/mol. The van der Waals surface area contributed by atoms with Crippen LogP contribution in [0.5, 0.6) is 0 Å². The highest BCUT2D eigenvalue weighted by Gasteiger charge is 2.01. The Bertz CT molecular complexity index is 149. The van der Waals surface area contributed by atoms with E-state index in [0.29, 0.717) is 19.3 Å². The number of carboxylic acids is 1. The van der Waals surface area contributed by atoms with Crippen molar-refractivity contribution < 1.29 is 14.7 Å². The van der Waals surface area contributed by atoms with Crippen LogP contribution in [0.3, 0.4) is 0 Å². The summed E-state index contributed by atoms with van der Waals surface area (Å²) >= 11 is 0. The molecule has 0 aromatic carbocycles. The molecule has 0 saturated heterocycles. The van der Waals surface area contributed by atoms with E-state index >= 15 is 0 Å². The quantitative estimate of drug-likeness (QED) is 0.354. The standard InChI is InChI=1S/C7H10O3/c1-6(7(9)10)4-2-3-5-8/h5H,1-4H2,(H,9,10). The Morgan fingerprint density at radius 2 is 2.20 bits per heavy atom. The zero-order valence-corrected chi connectivity index (χ0v) is 5.67. The molecule has 0 spiro atoms. The van der Waals surface area contributed by atoms with Gasteiger partial charge in [0, 0.05) is 12.0 Å². The Kier molecular flexibility index (Phi) is 4.20. The van der Waals surface area contributed by atoms with Crippen molar-refractivity contribution >= 4 is 12.3 Å². The zero-order valence-electron chi connectivity index (χ0n) is 5.67. The van der Waals surface area contributed by atoms with Crippen LogP contribution in [0.2, 0.25) is 0 Å². The van der Waals surface area contributed by atoms with Gasteiger partial charge in [0.15, 0.2) is 0 Å². The van der Waals surface area contributed by atoms with Gasteiger partial charge >= 0.3 is 5.97 Å². The molecule has 0 heterocycles. The molecule has 0 radical (unpaired) electrons. The number of hydrogen-bond donors (Lipinski definition) is 1. The van der Waals surface area contributed by atoms with Crippen LogP contribution >= 0.6 is 0 Å². The smallest absolute Gasteiger partial charge is 0.330 e. The lowest BCUT2D eigenvalue weighted by molar-refractivity contribution is -0.132. The summed E-state index contributed by atoms with van der Waals surface area (Å²) in [5, 5.41) is 8.29. The van der Waals surface area contributed by atoms with Crippen molar-refractivity contribution in [2.24, 2.45) is 0 Å². The SMILES string of the molecule is C=C(CCCC=O)C(=O)O. The normalized spacial score (nSPS) is 8.80. The lowest BCUT2D eigenvalue weighted by atomic mass is 10.1. The molecular weight excluding hydrogens is 132 g/mol. The molecule has 0 aliphatic carbocycles. The van der Waals surface area contributed by atoms with E-state index in [4.69, 9.17) is 5.11 Å². The summed E-state index contributed by atoms with van der Waals surface area (Å²) in [6, 6.07) is 0. The number of aldehydes is 1. The van der Waals surface area contributed by atoms with Gasteiger partial charge in [-0.05, 0) is 12.8 Å². The van der Waals surface area contributed by atoms with Crippen LogP contribution in [-0.4, -0.2) is 17.4 Å². The van der Waals surface area contributed by atoms with E-state index in [1.165, 1.54) is 0 Å². The van der Waals surface area contributed by atoms with Crippen LogP contribution in [0.25, 0.3) is 0 Å². The maximum atomic E-state index is 10.1. The van der Waals surface area contributed by atoms with Crippen LogP contribution < -0.4 is 0 Å². The maximum absolute atomic E-state index is 10.1. The zero-order chi connectivity index (χ0) is 7.98. The second-order valence-electron chi connectivity index (χ2n) is 1.97. The van der Waals surface area contributed by atoms with Crippen molar-refractivity contribution in [1.29, 1.82) is 0 Å². The van der Waals surface area contributed by atoms with Crippen LogP contribution in [0.1, 0.15) is 19.3 Å². The van der Waals surface area contributed by atoms with Gasteiger partial charge in [0.05, 0.1) is 0 Å². The molecule has 0 aliphatic rings. The molecule has 0 aromatic rings.